The van der Waals surface area contributed by atoms with E-state index in [1.165, 1.54) is 6.07 Å². The molecule has 2 N–H and O–H groups in total. The van der Waals surface area contributed by atoms with Crippen molar-refractivity contribution < 1.29 is 9.59 Å². The Morgan fingerprint density at radius 3 is 2.17 bits per heavy atom. The molecule has 2 aromatic rings. The lowest BCUT2D eigenvalue weighted by Gasteiger charge is -2.09. The number of halogens is 3. The lowest BCUT2D eigenvalue weighted by atomic mass is 10.1. The molecule has 0 aliphatic heterocycles. The summed E-state index contributed by atoms with van der Waals surface area (Å²) in [4.78, 5) is 23.6. The van der Waals surface area contributed by atoms with E-state index in [1.54, 1.807) is 36.4 Å². The van der Waals surface area contributed by atoms with Crippen molar-refractivity contribution in [2.75, 3.05) is 11.9 Å². The van der Waals surface area contributed by atoms with Gasteiger partial charge in [0.25, 0.3) is 0 Å². The molecule has 0 spiro atoms. The largest absolute Gasteiger partial charge is 0.347 e. The first kappa shape index (κ1) is 17.6. The molecule has 0 aliphatic carbocycles. The molecule has 0 aliphatic rings. The molecule has 120 valence electrons. The van der Waals surface area contributed by atoms with Crippen LogP contribution < -0.4 is 10.6 Å². The number of hydrogen-bond donors (Lipinski definition) is 2. The number of carbonyl (C=O) groups is 2. The van der Waals surface area contributed by atoms with Gasteiger partial charge < -0.3 is 10.6 Å². The summed E-state index contributed by atoms with van der Waals surface area (Å²) in [5.41, 5.74) is 1.25. The predicted octanol–water partition coefficient (Wildman–Crippen LogP) is 3.94. The second-order valence-electron chi connectivity index (χ2n) is 4.75. The highest BCUT2D eigenvalue weighted by Gasteiger charge is 2.09. The van der Waals surface area contributed by atoms with Crippen molar-refractivity contribution in [2.45, 2.75) is 6.42 Å². The van der Waals surface area contributed by atoms with Gasteiger partial charge >= 0.3 is 0 Å². The summed E-state index contributed by atoms with van der Waals surface area (Å²) in [6.07, 6.45) is 0.173. The molecule has 0 aromatic heterocycles. The molecule has 23 heavy (non-hydrogen) atoms. The number of rotatable bonds is 5. The Labute approximate surface area is 148 Å². The van der Waals surface area contributed by atoms with E-state index in [9.17, 15) is 9.59 Å². The Morgan fingerprint density at radius 2 is 1.52 bits per heavy atom. The Morgan fingerprint density at radius 1 is 0.870 bits per heavy atom. The Balaban J connectivity index is 1.81. The molecule has 7 heteroatoms. The van der Waals surface area contributed by atoms with Crippen LogP contribution in [0.4, 0.5) is 5.69 Å². The SMILES string of the molecule is O=C(Cc1ccc(Cl)cc1)NCC(=O)Nc1ccc(Cl)cc1Cl. The van der Waals surface area contributed by atoms with E-state index in [0.717, 1.165) is 5.56 Å². The molecular weight excluding hydrogens is 359 g/mol. The van der Waals surface area contributed by atoms with Gasteiger partial charge in [0, 0.05) is 10.0 Å². The van der Waals surface area contributed by atoms with E-state index in [2.05, 4.69) is 10.6 Å². The number of nitrogens with one attached hydrogen (secondary N) is 2. The van der Waals surface area contributed by atoms with Gasteiger partial charge in [-0.15, -0.1) is 0 Å². The maximum absolute atomic E-state index is 11.8. The van der Waals surface area contributed by atoms with Crippen LogP contribution in [0.25, 0.3) is 0 Å². The topological polar surface area (TPSA) is 58.2 Å². The van der Waals surface area contributed by atoms with Crippen LogP contribution in [-0.4, -0.2) is 18.4 Å². The van der Waals surface area contributed by atoms with Gasteiger partial charge in [-0.2, -0.15) is 0 Å². The van der Waals surface area contributed by atoms with E-state index in [0.29, 0.717) is 20.8 Å². The van der Waals surface area contributed by atoms with Crippen molar-refractivity contribution >= 4 is 52.3 Å². The number of hydrogen-bond acceptors (Lipinski definition) is 2. The van der Waals surface area contributed by atoms with Crippen molar-refractivity contribution in [3.05, 3.63) is 63.1 Å². The predicted molar refractivity (Wildman–Crippen MR) is 93.3 cm³/mol. The first-order valence-corrected chi connectivity index (χ1v) is 7.83. The van der Waals surface area contributed by atoms with Crippen LogP contribution in [0.15, 0.2) is 42.5 Å². The van der Waals surface area contributed by atoms with Gasteiger partial charge in [-0.25, -0.2) is 0 Å². The van der Waals surface area contributed by atoms with Gasteiger partial charge in [0.15, 0.2) is 0 Å². The van der Waals surface area contributed by atoms with Crippen LogP contribution in [-0.2, 0) is 16.0 Å². The highest BCUT2D eigenvalue weighted by molar-refractivity contribution is 6.36. The standard InChI is InChI=1S/C16H13Cl3N2O2/c17-11-3-1-10(2-4-11)7-15(22)20-9-16(23)21-14-6-5-12(18)8-13(14)19/h1-6,8H,7,9H2,(H,20,22)(H,21,23). The number of amides is 2. The third kappa shape index (κ3) is 5.75. The summed E-state index contributed by atoms with van der Waals surface area (Å²) >= 11 is 17.5. The van der Waals surface area contributed by atoms with E-state index < -0.39 is 0 Å². The summed E-state index contributed by atoms with van der Waals surface area (Å²) < 4.78 is 0. The normalized spacial score (nSPS) is 10.2. The molecule has 0 unspecified atom stereocenters. The van der Waals surface area contributed by atoms with Crippen LogP contribution in [0.5, 0.6) is 0 Å². The van der Waals surface area contributed by atoms with E-state index in [4.69, 9.17) is 34.8 Å². The third-order valence-electron chi connectivity index (χ3n) is 2.93. The molecule has 0 bridgehead atoms. The van der Waals surface area contributed by atoms with Crippen LogP contribution >= 0.6 is 34.8 Å². The van der Waals surface area contributed by atoms with E-state index in [-0.39, 0.29) is 24.8 Å². The highest BCUT2D eigenvalue weighted by Crippen LogP contribution is 2.25. The number of anilines is 1. The summed E-state index contributed by atoms with van der Waals surface area (Å²) in [6.45, 7) is -0.147. The zero-order chi connectivity index (χ0) is 16.8. The van der Waals surface area contributed by atoms with Gasteiger partial charge in [-0.05, 0) is 35.9 Å². The maximum Gasteiger partial charge on any atom is 0.243 e. The summed E-state index contributed by atoms with van der Waals surface area (Å²) in [5, 5.41) is 6.56. The second-order valence-corrected chi connectivity index (χ2v) is 6.03. The van der Waals surface area contributed by atoms with Gasteiger partial charge in [-0.3, -0.25) is 9.59 Å². The number of benzene rings is 2. The smallest absolute Gasteiger partial charge is 0.243 e. The average Bonchev–Trinajstić information content (AvgIpc) is 2.50. The molecule has 0 saturated heterocycles. The van der Waals surface area contributed by atoms with Crippen LogP contribution in [0.3, 0.4) is 0 Å². The molecule has 0 heterocycles. The minimum absolute atomic E-state index is 0.147. The van der Waals surface area contributed by atoms with Crippen LogP contribution in [0.1, 0.15) is 5.56 Å². The maximum atomic E-state index is 11.8. The fourth-order valence-electron chi connectivity index (χ4n) is 1.81. The van der Waals surface area contributed by atoms with Gasteiger partial charge in [0.05, 0.1) is 23.7 Å². The van der Waals surface area contributed by atoms with Gasteiger partial charge in [0.2, 0.25) is 11.8 Å². The van der Waals surface area contributed by atoms with Crippen molar-refractivity contribution in [3.63, 3.8) is 0 Å². The molecule has 2 aromatic carbocycles. The number of carbonyl (C=O) groups excluding carboxylic acids is 2. The molecular formula is C16H13Cl3N2O2. The summed E-state index contributed by atoms with van der Waals surface area (Å²) in [7, 11) is 0. The molecule has 0 saturated carbocycles. The Hall–Kier alpha value is -1.75. The molecule has 2 rings (SSSR count). The van der Waals surface area contributed by atoms with Gasteiger partial charge in [0.1, 0.15) is 0 Å². The molecule has 4 nitrogen and oxygen atoms in total. The van der Waals surface area contributed by atoms with Crippen LogP contribution in [0.2, 0.25) is 15.1 Å². The van der Waals surface area contributed by atoms with Gasteiger partial charge in [-0.1, -0.05) is 46.9 Å². The fourth-order valence-corrected chi connectivity index (χ4v) is 2.40. The second kappa shape index (κ2) is 8.20. The van der Waals surface area contributed by atoms with Crippen molar-refractivity contribution in [2.24, 2.45) is 0 Å². The van der Waals surface area contributed by atoms with Crippen molar-refractivity contribution in [3.8, 4) is 0 Å². The molecule has 0 radical (unpaired) electrons. The Bertz CT molecular complexity index is 718. The zero-order valence-electron chi connectivity index (χ0n) is 11.9. The summed E-state index contributed by atoms with van der Waals surface area (Å²) in [6, 6.07) is 11.7. The van der Waals surface area contributed by atoms with E-state index >= 15 is 0 Å². The van der Waals surface area contributed by atoms with Crippen molar-refractivity contribution in [1.29, 1.82) is 0 Å². The zero-order valence-corrected chi connectivity index (χ0v) is 14.2. The van der Waals surface area contributed by atoms with E-state index in [1.807, 2.05) is 0 Å². The monoisotopic (exact) mass is 370 g/mol. The highest BCUT2D eigenvalue weighted by atomic mass is 35.5. The third-order valence-corrected chi connectivity index (χ3v) is 3.73. The quantitative estimate of drug-likeness (QED) is 0.836. The first-order chi connectivity index (χ1) is 10.9. The lowest BCUT2D eigenvalue weighted by molar-refractivity contribution is -0.123. The minimum Gasteiger partial charge on any atom is -0.347 e. The fraction of sp³-hybridized carbons (Fsp3) is 0.125. The lowest BCUT2D eigenvalue weighted by Crippen LogP contribution is -2.33. The molecule has 0 fully saturated rings. The van der Waals surface area contributed by atoms with Crippen molar-refractivity contribution in [1.82, 2.24) is 5.32 Å². The average molecular weight is 372 g/mol. The molecule has 0 atom stereocenters. The summed E-state index contributed by atoms with van der Waals surface area (Å²) in [5.74, 6) is -0.636. The Kier molecular flexibility index (Phi) is 6.28. The first-order valence-electron chi connectivity index (χ1n) is 6.70. The molecule has 2 amide bonds. The van der Waals surface area contributed by atoms with Crippen LogP contribution in [0, 0.1) is 0 Å². The minimum atomic E-state index is -0.376.